The number of alkyl halides is 1. The van der Waals surface area contributed by atoms with Crippen molar-refractivity contribution in [2.45, 2.75) is 25.3 Å². The number of hydrogen-bond donors (Lipinski definition) is 0. The molecule has 0 radical (unpaired) electrons. The Morgan fingerprint density at radius 3 is 2.18 bits per heavy atom. The Morgan fingerprint density at radius 2 is 1.73 bits per heavy atom. The largest absolute Gasteiger partial charge is 0.400 e. The molecule has 0 N–H and O–H groups in total. The summed E-state index contributed by atoms with van der Waals surface area (Å²) in [6.07, 6.45) is 3.49. The molecule has 0 rings (SSSR count). The summed E-state index contributed by atoms with van der Waals surface area (Å²) in [6.45, 7) is 0. The summed E-state index contributed by atoms with van der Waals surface area (Å²) in [4.78, 5) is 0. The molecule has 4 heteroatoms. The normalized spacial score (nSPS) is 10.9. The number of unbranched alkanes of at least 4 members (excludes halogenated alkanes) is 2. The van der Waals surface area contributed by atoms with Crippen LogP contribution in [0.15, 0.2) is 0 Å². The highest BCUT2D eigenvalue weighted by molar-refractivity contribution is 6.44. The minimum atomic E-state index is -1.28. The third-order valence-corrected chi connectivity index (χ3v) is 3.80. The van der Waals surface area contributed by atoms with Crippen molar-refractivity contribution < 1.29 is 8.85 Å². The fraction of sp³-hybridized carbons (Fsp3) is 1.00. The highest BCUT2D eigenvalue weighted by Gasteiger charge is 2.07. The van der Waals surface area contributed by atoms with Crippen molar-refractivity contribution in [2.75, 3.05) is 20.1 Å². The molecule has 0 aliphatic rings. The van der Waals surface area contributed by atoms with Crippen LogP contribution in [-0.2, 0) is 8.85 Å². The smallest absolute Gasteiger partial charge is 0.320 e. The average molecular weight is 197 g/mol. The molecule has 0 aromatic carbocycles. The van der Waals surface area contributed by atoms with Gasteiger partial charge in [0.25, 0.3) is 0 Å². The van der Waals surface area contributed by atoms with Gasteiger partial charge in [0.1, 0.15) is 0 Å². The second-order valence-corrected chi connectivity index (χ2v) is 5.20. The molecule has 2 nitrogen and oxygen atoms in total. The van der Waals surface area contributed by atoms with E-state index in [0.717, 1.165) is 18.3 Å². The molecule has 0 spiro atoms. The highest BCUT2D eigenvalue weighted by Crippen LogP contribution is 2.05. The molecule has 0 saturated carbocycles. The Bertz CT molecular complexity index is 78.8. The van der Waals surface area contributed by atoms with Gasteiger partial charge in [-0.1, -0.05) is 12.8 Å². The molecular weight excluding hydrogens is 180 g/mol. The fourth-order valence-corrected chi connectivity index (χ4v) is 2.39. The minimum Gasteiger partial charge on any atom is -0.400 e. The Kier molecular flexibility index (Phi) is 8.85. The topological polar surface area (TPSA) is 18.5 Å². The van der Waals surface area contributed by atoms with Gasteiger partial charge in [0.15, 0.2) is 0 Å². The molecule has 0 unspecified atom stereocenters. The van der Waals surface area contributed by atoms with Crippen molar-refractivity contribution >= 4 is 20.9 Å². The van der Waals surface area contributed by atoms with Gasteiger partial charge in [-0.15, -0.1) is 11.6 Å². The molecule has 0 saturated heterocycles. The van der Waals surface area contributed by atoms with Crippen LogP contribution in [0.2, 0.25) is 6.04 Å². The third-order valence-electron chi connectivity index (χ3n) is 1.60. The lowest BCUT2D eigenvalue weighted by Gasteiger charge is -2.09. The molecule has 0 aliphatic heterocycles. The number of halogens is 1. The predicted molar refractivity (Wildman–Crippen MR) is 50.5 cm³/mol. The van der Waals surface area contributed by atoms with Crippen molar-refractivity contribution in [1.29, 1.82) is 0 Å². The first-order chi connectivity index (χ1) is 5.35. The standard InChI is InChI=1S/C7H17ClO2Si/c1-9-11(10-2)7-5-3-4-6-8/h11H,3-7H2,1-2H3. The van der Waals surface area contributed by atoms with Gasteiger partial charge in [-0.2, -0.15) is 0 Å². The minimum absolute atomic E-state index is 0.770. The van der Waals surface area contributed by atoms with Crippen LogP contribution in [0, 0.1) is 0 Å². The lowest BCUT2D eigenvalue weighted by Crippen LogP contribution is -2.18. The zero-order chi connectivity index (χ0) is 8.53. The summed E-state index contributed by atoms with van der Waals surface area (Å²) in [5, 5.41) is 0. The van der Waals surface area contributed by atoms with Crippen LogP contribution < -0.4 is 0 Å². The molecule has 0 aromatic heterocycles. The van der Waals surface area contributed by atoms with E-state index in [4.69, 9.17) is 20.5 Å². The Hall–Kier alpha value is 0.427. The van der Waals surface area contributed by atoms with Crippen LogP contribution in [0.3, 0.4) is 0 Å². The van der Waals surface area contributed by atoms with Crippen molar-refractivity contribution in [3.05, 3.63) is 0 Å². The molecule has 0 fully saturated rings. The SMILES string of the molecule is CO[SiH](CCCCCCl)OC. The second-order valence-electron chi connectivity index (χ2n) is 2.44. The summed E-state index contributed by atoms with van der Waals surface area (Å²) < 4.78 is 10.3. The Balaban J connectivity index is 3.07. The quantitative estimate of drug-likeness (QED) is 0.352. The molecule has 68 valence electrons. The summed E-state index contributed by atoms with van der Waals surface area (Å²) >= 11 is 5.53. The fourth-order valence-electron chi connectivity index (χ4n) is 0.914. The number of rotatable bonds is 7. The second kappa shape index (κ2) is 8.52. The van der Waals surface area contributed by atoms with E-state index in [0.29, 0.717) is 0 Å². The Labute approximate surface area is 75.7 Å². The van der Waals surface area contributed by atoms with Gasteiger partial charge in [-0.25, -0.2) is 0 Å². The van der Waals surface area contributed by atoms with E-state index in [1.165, 1.54) is 12.8 Å². The van der Waals surface area contributed by atoms with E-state index in [1.54, 1.807) is 14.2 Å². The lowest BCUT2D eigenvalue weighted by molar-refractivity contribution is 0.276. The molecule has 0 amide bonds. The summed E-state index contributed by atoms with van der Waals surface area (Å²) in [7, 11) is 2.17. The monoisotopic (exact) mass is 196 g/mol. The van der Waals surface area contributed by atoms with Gasteiger partial charge in [-0.3, -0.25) is 0 Å². The zero-order valence-electron chi connectivity index (χ0n) is 7.31. The maximum Gasteiger partial charge on any atom is 0.320 e. The van der Waals surface area contributed by atoms with Gasteiger partial charge in [0.2, 0.25) is 0 Å². The maximum absolute atomic E-state index is 5.53. The first-order valence-corrected chi connectivity index (χ1v) is 6.26. The highest BCUT2D eigenvalue weighted by atomic mass is 35.5. The van der Waals surface area contributed by atoms with Crippen molar-refractivity contribution in [3.63, 3.8) is 0 Å². The van der Waals surface area contributed by atoms with Gasteiger partial charge in [0, 0.05) is 20.1 Å². The van der Waals surface area contributed by atoms with Crippen LogP contribution in [0.25, 0.3) is 0 Å². The van der Waals surface area contributed by atoms with Gasteiger partial charge >= 0.3 is 9.28 Å². The molecule has 0 aromatic rings. The molecule has 0 atom stereocenters. The summed E-state index contributed by atoms with van der Waals surface area (Å²) in [5.41, 5.74) is 0. The van der Waals surface area contributed by atoms with E-state index in [9.17, 15) is 0 Å². The molecule has 0 bridgehead atoms. The lowest BCUT2D eigenvalue weighted by atomic mass is 10.3. The van der Waals surface area contributed by atoms with E-state index in [2.05, 4.69) is 0 Å². The van der Waals surface area contributed by atoms with Crippen LogP contribution in [0.1, 0.15) is 19.3 Å². The van der Waals surface area contributed by atoms with E-state index in [1.807, 2.05) is 0 Å². The van der Waals surface area contributed by atoms with Crippen molar-refractivity contribution in [2.24, 2.45) is 0 Å². The maximum atomic E-state index is 5.53. The van der Waals surface area contributed by atoms with Crippen molar-refractivity contribution in [3.8, 4) is 0 Å². The van der Waals surface area contributed by atoms with Crippen LogP contribution in [-0.4, -0.2) is 29.4 Å². The van der Waals surface area contributed by atoms with Crippen LogP contribution in [0.5, 0.6) is 0 Å². The zero-order valence-corrected chi connectivity index (χ0v) is 9.22. The first-order valence-electron chi connectivity index (χ1n) is 3.96. The molecular formula is C7H17ClO2Si. The summed E-state index contributed by atoms with van der Waals surface area (Å²) in [5.74, 6) is 0.770. The van der Waals surface area contributed by atoms with E-state index in [-0.39, 0.29) is 0 Å². The summed E-state index contributed by atoms with van der Waals surface area (Å²) in [6, 6.07) is 1.10. The average Bonchev–Trinajstić information content (AvgIpc) is 2.05. The van der Waals surface area contributed by atoms with E-state index >= 15 is 0 Å². The molecule has 11 heavy (non-hydrogen) atoms. The van der Waals surface area contributed by atoms with Gasteiger partial charge in [-0.05, 0) is 12.5 Å². The van der Waals surface area contributed by atoms with Crippen molar-refractivity contribution in [1.82, 2.24) is 0 Å². The van der Waals surface area contributed by atoms with Crippen LogP contribution >= 0.6 is 11.6 Å². The molecule has 0 aliphatic carbocycles. The van der Waals surface area contributed by atoms with E-state index < -0.39 is 9.28 Å². The van der Waals surface area contributed by atoms with Gasteiger partial charge < -0.3 is 8.85 Å². The predicted octanol–water partition coefficient (Wildman–Crippen LogP) is 1.91. The number of hydrogen-bond acceptors (Lipinski definition) is 2. The Morgan fingerprint density at radius 1 is 1.09 bits per heavy atom. The third kappa shape index (κ3) is 6.81. The first kappa shape index (κ1) is 11.4. The molecule has 0 heterocycles. The van der Waals surface area contributed by atoms with Gasteiger partial charge in [0.05, 0.1) is 0 Å². The van der Waals surface area contributed by atoms with Crippen LogP contribution in [0.4, 0.5) is 0 Å².